The van der Waals surface area contributed by atoms with Crippen molar-refractivity contribution in [2.24, 2.45) is 0 Å². The van der Waals surface area contributed by atoms with E-state index in [-0.39, 0.29) is 0 Å². The molecule has 3 nitrogen and oxygen atoms in total. The third-order valence-corrected chi connectivity index (χ3v) is 2.01. The van der Waals surface area contributed by atoms with Gasteiger partial charge in [0.15, 0.2) is 0 Å². The van der Waals surface area contributed by atoms with Gasteiger partial charge in [0.1, 0.15) is 0 Å². The molecule has 0 aliphatic rings. The molecule has 6 heteroatoms. The molecule has 0 radical (unpaired) electrons. The summed E-state index contributed by atoms with van der Waals surface area (Å²) in [5.74, 6) is 0. The Bertz CT molecular complexity index is 87.1. The molecule has 0 saturated carbocycles. The molecule has 0 rings (SSSR count). The minimum absolute atomic E-state index is 0.302. The summed E-state index contributed by atoms with van der Waals surface area (Å²) in [6.07, 6.45) is 0.302. The van der Waals surface area contributed by atoms with E-state index >= 15 is 0 Å². The Kier molecular flexibility index (Phi) is 4.30. The van der Waals surface area contributed by atoms with Crippen LogP contribution in [0.3, 0.4) is 0 Å². The lowest BCUT2D eigenvalue weighted by Gasteiger charge is -2.16. The summed E-state index contributed by atoms with van der Waals surface area (Å²) in [6.45, 7) is 1.67. The first-order chi connectivity index (χ1) is 3.98. The van der Waals surface area contributed by atoms with Crippen LogP contribution in [0.25, 0.3) is 0 Å². The van der Waals surface area contributed by atoms with Gasteiger partial charge in [-0.05, 0) is 0 Å². The standard InChI is InChI=1S/C3H7Cl2O3P/c1-2-3(4,5)8-9(6)7/h6-7H,2H2,1H3. The molecule has 56 valence electrons. The lowest BCUT2D eigenvalue weighted by Crippen LogP contribution is -2.12. The van der Waals surface area contributed by atoms with Gasteiger partial charge in [-0.3, -0.25) is 4.52 Å². The van der Waals surface area contributed by atoms with Crippen molar-refractivity contribution >= 4 is 31.8 Å². The SMILES string of the molecule is CCC(Cl)(Cl)OP(O)O. The lowest BCUT2D eigenvalue weighted by molar-refractivity contribution is 0.197. The number of hydrogen-bond acceptors (Lipinski definition) is 3. The van der Waals surface area contributed by atoms with Gasteiger partial charge in [-0.2, -0.15) is 0 Å². The van der Waals surface area contributed by atoms with E-state index in [0.717, 1.165) is 0 Å². The summed E-state index contributed by atoms with van der Waals surface area (Å²) in [6, 6.07) is 0. The third-order valence-electron chi connectivity index (χ3n) is 0.627. The zero-order valence-corrected chi connectivity index (χ0v) is 7.12. The summed E-state index contributed by atoms with van der Waals surface area (Å²) in [5, 5.41) is 0. The second-order valence-electron chi connectivity index (χ2n) is 1.33. The highest BCUT2D eigenvalue weighted by molar-refractivity contribution is 7.39. The molecule has 0 saturated heterocycles. The minimum atomic E-state index is -2.46. The predicted octanol–water partition coefficient (Wildman–Crippen LogP) is 1.76. The highest BCUT2D eigenvalue weighted by Gasteiger charge is 2.25. The van der Waals surface area contributed by atoms with Crippen LogP contribution < -0.4 is 0 Å². The second-order valence-corrected chi connectivity index (χ2v) is 3.44. The van der Waals surface area contributed by atoms with Gasteiger partial charge in [0.05, 0.1) is 0 Å². The molecule has 0 heterocycles. The zero-order valence-electron chi connectivity index (χ0n) is 4.71. The molecule has 0 aromatic rings. The molecule has 0 unspecified atom stereocenters. The molecular formula is C3H7Cl2O3P. The van der Waals surface area contributed by atoms with Crippen molar-refractivity contribution in [2.45, 2.75) is 17.9 Å². The van der Waals surface area contributed by atoms with Crippen LogP contribution in [0.15, 0.2) is 0 Å². The van der Waals surface area contributed by atoms with Crippen LogP contribution >= 0.6 is 31.8 Å². The van der Waals surface area contributed by atoms with Crippen LogP contribution in [0, 0.1) is 0 Å². The first-order valence-electron chi connectivity index (χ1n) is 2.23. The van der Waals surface area contributed by atoms with Gasteiger partial charge in [0.2, 0.25) is 4.52 Å². The maximum absolute atomic E-state index is 8.25. The van der Waals surface area contributed by atoms with Crippen molar-refractivity contribution in [1.82, 2.24) is 0 Å². The maximum atomic E-state index is 8.25. The summed E-state index contributed by atoms with van der Waals surface area (Å²) in [5.41, 5.74) is 0. The van der Waals surface area contributed by atoms with Crippen LogP contribution in [0.5, 0.6) is 0 Å². The maximum Gasteiger partial charge on any atom is 0.329 e. The minimum Gasteiger partial charge on any atom is -0.328 e. The molecular weight excluding hydrogens is 186 g/mol. The van der Waals surface area contributed by atoms with E-state index < -0.39 is 13.1 Å². The summed E-state index contributed by atoms with van der Waals surface area (Å²) < 4.78 is 2.83. The van der Waals surface area contributed by atoms with Crippen molar-refractivity contribution < 1.29 is 14.3 Å². The van der Waals surface area contributed by atoms with Crippen LogP contribution in [0.2, 0.25) is 0 Å². The average Bonchev–Trinajstić information content (AvgIpc) is 1.63. The van der Waals surface area contributed by atoms with Crippen LogP contribution in [0.1, 0.15) is 13.3 Å². The molecule has 0 aliphatic carbocycles. The smallest absolute Gasteiger partial charge is 0.328 e. The molecule has 0 aromatic heterocycles. The fourth-order valence-electron chi connectivity index (χ4n) is 0.184. The Labute approximate surface area is 64.5 Å². The van der Waals surface area contributed by atoms with Gasteiger partial charge in [-0.25, -0.2) is 0 Å². The van der Waals surface area contributed by atoms with Crippen LogP contribution in [-0.2, 0) is 4.52 Å². The predicted molar refractivity (Wildman–Crippen MR) is 37.2 cm³/mol. The molecule has 0 atom stereocenters. The molecule has 0 aromatic carbocycles. The Morgan fingerprint density at radius 2 is 2.00 bits per heavy atom. The van der Waals surface area contributed by atoms with E-state index in [1.165, 1.54) is 0 Å². The van der Waals surface area contributed by atoms with Crippen LogP contribution in [0.4, 0.5) is 0 Å². The van der Waals surface area contributed by atoms with Crippen molar-refractivity contribution in [3.8, 4) is 0 Å². The quantitative estimate of drug-likeness (QED) is 0.530. The van der Waals surface area contributed by atoms with Gasteiger partial charge < -0.3 is 9.79 Å². The summed E-state index contributed by atoms with van der Waals surface area (Å²) in [7, 11) is -2.46. The molecule has 0 fully saturated rings. The summed E-state index contributed by atoms with van der Waals surface area (Å²) in [4.78, 5) is 16.5. The Morgan fingerprint density at radius 3 is 2.11 bits per heavy atom. The largest absolute Gasteiger partial charge is 0.329 e. The number of halogens is 2. The summed E-state index contributed by atoms with van der Waals surface area (Å²) >= 11 is 10.7. The normalized spacial score (nSPS) is 12.7. The van der Waals surface area contributed by atoms with Gasteiger partial charge in [-0.15, -0.1) is 0 Å². The van der Waals surface area contributed by atoms with Crippen molar-refractivity contribution in [3.05, 3.63) is 0 Å². The van der Waals surface area contributed by atoms with Gasteiger partial charge in [-0.1, -0.05) is 30.1 Å². The number of rotatable bonds is 3. The Balaban J connectivity index is 3.58. The van der Waals surface area contributed by atoms with E-state index in [1.54, 1.807) is 6.92 Å². The Hall–Kier alpha value is 0.890. The first kappa shape index (κ1) is 9.89. The highest BCUT2D eigenvalue weighted by Crippen LogP contribution is 2.39. The average molecular weight is 193 g/mol. The molecule has 0 aliphatic heterocycles. The van der Waals surface area contributed by atoms with Crippen LogP contribution in [-0.4, -0.2) is 14.3 Å². The van der Waals surface area contributed by atoms with Crippen molar-refractivity contribution in [3.63, 3.8) is 0 Å². The van der Waals surface area contributed by atoms with Gasteiger partial charge >= 0.3 is 8.60 Å². The van der Waals surface area contributed by atoms with Crippen molar-refractivity contribution in [2.75, 3.05) is 0 Å². The molecule has 2 N–H and O–H groups in total. The molecule has 9 heavy (non-hydrogen) atoms. The Morgan fingerprint density at radius 1 is 1.56 bits per heavy atom. The number of hydrogen-bond donors (Lipinski definition) is 2. The second kappa shape index (κ2) is 3.91. The van der Waals surface area contributed by atoms with E-state index in [2.05, 4.69) is 4.52 Å². The van der Waals surface area contributed by atoms with E-state index in [9.17, 15) is 0 Å². The van der Waals surface area contributed by atoms with Crippen molar-refractivity contribution in [1.29, 1.82) is 0 Å². The topological polar surface area (TPSA) is 49.7 Å². The van der Waals surface area contributed by atoms with E-state index in [0.29, 0.717) is 6.42 Å². The van der Waals surface area contributed by atoms with Gasteiger partial charge in [0.25, 0.3) is 0 Å². The zero-order chi connectivity index (χ0) is 7.49. The number of alkyl halides is 2. The fraction of sp³-hybridized carbons (Fsp3) is 1.00. The van der Waals surface area contributed by atoms with E-state index in [4.69, 9.17) is 33.0 Å². The monoisotopic (exact) mass is 192 g/mol. The lowest BCUT2D eigenvalue weighted by atomic mass is 10.5. The molecule has 0 spiro atoms. The van der Waals surface area contributed by atoms with Gasteiger partial charge in [0, 0.05) is 6.42 Å². The fourth-order valence-corrected chi connectivity index (χ4v) is 0.922. The van der Waals surface area contributed by atoms with E-state index in [1.807, 2.05) is 0 Å². The molecule has 0 bridgehead atoms. The highest BCUT2D eigenvalue weighted by atomic mass is 35.5. The molecule has 0 amide bonds. The first-order valence-corrected chi connectivity index (χ1v) is 4.15. The third kappa shape index (κ3) is 5.34.